The predicted molar refractivity (Wildman–Crippen MR) is 140 cm³/mol. The van der Waals surface area contributed by atoms with Gasteiger partial charge in [-0.1, -0.05) is 18.2 Å². The van der Waals surface area contributed by atoms with Gasteiger partial charge in [0, 0.05) is 36.5 Å². The summed E-state index contributed by atoms with van der Waals surface area (Å²) in [5.74, 6) is -0.233. The fourth-order valence-electron chi connectivity index (χ4n) is 6.31. The molecule has 11 nitrogen and oxygen atoms in total. The molecule has 3 heterocycles. The number of para-hydroxylation sites is 1. The highest BCUT2D eigenvalue weighted by atomic mass is 19.1. The zero-order valence-corrected chi connectivity index (χ0v) is 22.4. The summed E-state index contributed by atoms with van der Waals surface area (Å²) in [6, 6.07) is 4.64. The molecule has 0 bridgehead atoms. The lowest BCUT2D eigenvalue weighted by atomic mass is 10.00. The Labute approximate surface area is 227 Å². The third-order valence-electron chi connectivity index (χ3n) is 8.60. The average Bonchev–Trinajstić information content (AvgIpc) is 3.47. The molecule has 1 aromatic rings. The van der Waals surface area contributed by atoms with Crippen LogP contribution >= 0.6 is 0 Å². The van der Waals surface area contributed by atoms with Gasteiger partial charge in [-0.15, -0.1) is 0 Å². The summed E-state index contributed by atoms with van der Waals surface area (Å²) in [6.07, 6.45) is 2.43. The maximum atomic E-state index is 14.1. The van der Waals surface area contributed by atoms with E-state index in [1.807, 2.05) is 24.3 Å². The van der Waals surface area contributed by atoms with Crippen LogP contribution in [0.15, 0.2) is 24.3 Å². The first-order valence-electron chi connectivity index (χ1n) is 13.7. The highest BCUT2D eigenvalue weighted by Gasteiger charge is 2.67. The Morgan fingerprint density at radius 1 is 1.15 bits per heavy atom. The SMILES string of the molecule is CN[C@@H](C)C(=O)N[C@H]1CN(C(=O)NCCF)CC2CC23CC[C@@H](C(=O)N[C@@H]2CCOc4ccccc42)N3C1=O. The Balaban J connectivity index is 1.39. The molecule has 6 atom stereocenters. The number of amides is 5. The number of alkyl halides is 1. The number of hydrogen-bond acceptors (Lipinski definition) is 6. The van der Waals surface area contributed by atoms with Crippen molar-refractivity contribution < 1.29 is 28.3 Å². The van der Waals surface area contributed by atoms with Crippen LogP contribution < -0.4 is 26.0 Å². The second-order valence-electron chi connectivity index (χ2n) is 10.9. The predicted octanol–water partition coefficient (Wildman–Crippen LogP) is 0.464. The number of urea groups is 1. The van der Waals surface area contributed by atoms with Gasteiger partial charge in [0.1, 0.15) is 24.5 Å². The number of benzene rings is 1. The molecule has 1 aromatic carbocycles. The second kappa shape index (κ2) is 11.0. The van der Waals surface area contributed by atoms with Crippen molar-refractivity contribution in [3.63, 3.8) is 0 Å². The van der Waals surface area contributed by atoms with E-state index in [0.29, 0.717) is 38.8 Å². The first-order chi connectivity index (χ1) is 18.8. The van der Waals surface area contributed by atoms with Crippen LogP contribution in [-0.2, 0) is 14.4 Å². The smallest absolute Gasteiger partial charge is 0.317 e. The summed E-state index contributed by atoms with van der Waals surface area (Å²) >= 11 is 0. The van der Waals surface area contributed by atoms with Gasteiger partial charge < -0.3 is 35.8 Å². The van der Waals surface area contributed by atoms with Crippen LogP contribution in [0.1, 0.15) is 44.2 Å². The number of ether oxygens (including phenoxy) is 1. The highest BCUT2D eigenvalue weighted by molar-refractivity contribution is 5.95. The van der Waals surface area contributed by atoms with E-state index in [-0.39, 0.29) is 42.8 Å². The minimum atomic E-state index is -1.04. The van der Waals surface area contributed by atoms with E-state index < -0.39 is 36.4 Å². The van der Waals surface area contributed by atoms with Crippen LogP contribution in [0.2, 0.25) is 0 Å². The maximum absolute atomic E-state index is 14.1. The number of carbonyl (C=O) groups excluding carboxylic acids is 4. The third-order valence-corrected chi connectivity index (χ3v) is 8.60. The number of hydrogen-bond donors (Lipinski definition) is 4. The minimum Gasteiger partial charge on any atom is -0.493 e. The molecular weight excluding hydrogens is 507 g/mol. The van der Waals surface area contributed by atoms with Crippen LogP contribution in [0.3, 0.4) is 0 Å². The molecule has 5 amide bonds. The molecule has 212 valence electrons. The van der Waals surface area contributed by atoms with E-state index in [1.165, 1.54) is 4.90 Å². The number of likely N-dealkylation sites (N-methyl/N-ethyl adjacent to an activating group) is 1. The van der Waals surface area contributed by atoms with Crippen LogP contribution in [0.25, 0.3) is 0 Å². The number of nitrogens with zero attached hydrogens (tertiary/aromatic N) is 2. The molecule has 5 rings (SSSR count). The van der Waals surface area contributed by atoms with Crippen molar-refractivity contribution in [2.45, 2.75) is 62.3 Å². The number of halogens is 1. The molecular formula is C27H37FN6O5. The molecule has 3 aliphatic heterocycles. The molecule has 3 fully saturated rings. The Morgan fingerprint density at radius 3 is 2.72 bits per heavy atom. The fourth-order valence-corrected chi connectivity index (χ4v) is 6.31. The number of nitrogens with one attached hydrogen (secondary N) is 4. The summed E-state index contributed by atoms with van der Waals surface area (Å²) in [4.78, 5) is 56.6. The van der Waals surface area contributed by atoms with E-state index in [2.05, 4.69) is 21.3 Å². The zero-order chi connectivity index (χ0) is 27.7. The Bertz CT molecular complexity index is 1140. The molecule has 39 heavy (non-hydrogen) atoms. The van der Waals surface area contributed by atoms with Crippen LogP contribution in [0, 0.1) is 5.92 Å². The van der Waals surface area contributed by atoms with E-state index in [4.69, 9.17) is 4.74 Å². The first kappa shape index (κ1) is 27.2. The lowest BCUT2D eigenvalue weighted by Gasteiger charge is -2.39. The number of fused-ring (bicyclic) bond motifs is 1. The molecule has 0 aromatic heterocycles. The standard InChI is InChI=1S/C27H37FN6O5/c1-16(29-2)23(35)32-20-15-33(26(38)30-11-10-28)14-17-13-27(17)9-7-21(34(27)25(20)37)24(36)31-19-8-12-39-22-6-4-3-5-18(19)22/h3-6,16-17,19-21,29H,7-15H2,1-2H3,(H,30,38)(H,31,36)(H,32,35)/t16-,17?,19+,20-,21-,27?/m0/s1. The van der Waals surface area contributed by atoms with Crippen LogP contribution in [0.4, 0.5) is 9.18 Å². The summed E-state index contributed by atoms with van der Waals surface area (Å²) in [6.45, 7) is 1.62. The van der Waals surface area contributed by atoms with Crippen molar-refractivity contribution in [2.24, 2.45) is 5.92 Å². The molecule has 1 spiro atoms. The molecule has 2 unspecified atom stereocenters. The van der Waals surface area contributed by atoms with E-state index >= 15 is 0 Å². The van der Waals surface area contributed by atoms with Gasteiger partial charge in [-0.25, -0.2) is 9.18 Å². The minimum absolute atomic E-state index is 0.00654. The van der Waals surface area contributed by atoms with E-state index in [0.717, 1.165) is 11.3 Å². The van der Waals surface area contributed by atoms with Gasteiger partial charge in [-0.2, -0.15) is 0 Å². The van der Waals surface area contributed by atoms with Gasteiger partial charge in [0.25, 0.3) is 0 Å². The fraction of sp³-hybridized carbons (Fsp3) is 0.630. The van der Waals surface area contributed by atoms with Crippen molar-refractivity contribution in [1.82, 2.24) is 31.1 Å². The summed E-state index contributed by atoms with van der Waals surface area (Å²) in [5, 5.41) is 11.3. The van der Waals surface area contributed by atoms with Crippen LogP contribution in [0.5, 0.6) is 5.75 Å². The summed E-state index contributed by atoms with van der Waals surface area (Å²) < 4.78 is 18.5. The van der Waals surface area contributed by atoms with Crippen molar-refractivity contribution in [3.8, 4) is 5.75 Å². The maximum Gasteiger partial charge on any atom is 0.317 e. The van der Waals surface area contributed by atoms with Crippen LogP contribution in [-0.4, -0.2) is 97.2 Å². The van der Waals surface area contributed by atoms with Gasteiger partial charge in [-0.3, -0.25) is 14.4 Å². The number of rotatable bonds is 7. The molecule has 12 heteroatoms. The molecule has 4 aliphatic rings. The Kier molecular flexibility index (Phi) is 7.66. The van der Waals surface area contributed by atoms with Gasteiger partial charge in [0.05, 0.1) is 25.2 Å². The zero-order valence-electron chi connectivity index (χ0n) is 22.4. The lowest BCUT2D eigenvalue weighted by Crippen LogP contribution is -2.63. The largest absolute Gasteiger partial charge is 0.493 e. The summed E-state index contributed by atoms with van der Waals surface area (Å²) in [5.41, 5.74) is 0.373. The monoisotopic (exact) mass is 544 g/mol. The average molecular weight is 545 g/mol. The molecule has 1 aliphatic carbocycles. The number of carbonyl (C=O) groups is 4. The Hall–Kier alpha value is -3.41. The van der Waals surface area contributed by atoms with Crippen molar-refractivity contribution >= 4 is 23.8 Å². The third kappa shape index (κ3) is 5.13. The van der Waals surface area contributed by atoms with Gasteiger partial charge in [-0.05, 0) is 39.3 Å². The normalized spacial score (nSPS) is 30.0. The molecule has 2 saturated heterocycles. The van der Waals surface area contributed by atoms with E-state index in [9.17, 15) is 23.6 Å². The lowest BCUT2D eigenvalue weighted by molar-refractivity contribution is -0.145. The Morgan fingerprint density at radius 2 is 1.95 bits per heavy atom. The van der Waals surface area contributed by atoms with Gasteiger partial charge >= 0.3 is 6.03 Å². The highest BCUT2D eigenvalue weighted by Crippen LogP contribution is 2.58. The topological polar surface area (TPSA) is 132 Å². The van der Waals surface area contributed by atoms with Crippen molar-refractivity contribution in [1.29, 1.82) is 0 Å². The molecule has 4 N–H and O–H groups in total. The molecule has 0 radical (unpaired) electrons. The van der Waals surface area contributed by atoms with E-state index in [1.54, 1.807) is 18.9 Å². The summed E-state index contributed by atoms with van der Waals surface area (Å²) in [7, 11) is 1.64. The van der Waals surface area contributed by atoms with Gasteiger partial charge in [0.15, 0.2) is 0 Å². The molecule has 1 saturated carbocycles. The quantitative estimate of drug-likeness (QED) is 0.395. The van der Waals surface area contributed by atoms with Crippen molar-refractivity contribution in [3.05, 3.63) is 29.8 Å². The van der Waals surface area contributed by atoms with Crippen molar-refractivity contribution in [2.75, 3.05) is 40.0 Å². The second-order valence-corrected chi connectivity index (χ2v) is 10.9. The van der Waals surface area contributed by atoms with Gasteiger partial charge in [0.2, 0.25) is 17.7 Å². The first-order valence-corrected chi connectivity index (χ1v) is 13.7.